The van der Waals surface area contributed by atoms with Crippen LogP contribution < -0.4 is 19.8 Å². The number of aromatic nitrogens is 2. The summed E-state index contributed by atoms with van der Waals surface area (Å²) in [5.74, 6) is -8.16. The summed E-state index contributed by atoms with van der Waals surface area (Å²) in [4.78, 5) is 69.6. The molecule has 10 rings (SSSR count). The van der Waals surface area contributed by atoms with Gasteiger partial charge in [0.1, 0.15) is 22.8 Å². The number of nitrogens with one attached hydrogen (secondary N) is 1. The van der Waals surface area contributed by atoms with Crippen molar-refractivity contribution in [2.45, 2.75) is 30.4 Å². The van der Waals surface area contributed by atoms with E-state index in [0.717, 1.165) is 4.90 Å². The number of hydrazine groups is 1. The van der Waals surface area contributed by atoms with Crippen LogP contribution in [0.5, 0.6) is 17.2 Å². The predicted octanol–water partition coefficient (Wildman–Crippen LogP) is 9.13. The Bertz CT molecular complexity index is 2980. The van der Waals surface area contributed by atoms with E-state index in [1.54, 1.807) is 48.5 Å². The molecule has 330 valence electrons. The number of allylic oxidation sites excluding steroid dienone is 2. The molecule has 65 heavy (non-hydrogen) atoms. The zero-order valence-corrected chi connectivity index (χ0v) is 35.6. The van der Waals surface area contributed by atoms with Crippen LogP contribution in [0.3, 0.4) is 0 Å². The molecule has 18 heteroatoms. The monoisotopic (exact) mass is 923 g/mol. The molecule has 2 aliphatic heterocycles. The van der Waals surface area contributed by atoms with E-state index in [1.807, 2.05) is 18.2 Å². The normalized spacial score (nSPS) is 23.9. The second-order valence-electron chi connectivity index (χ2n) is 16.2. The first kappa shape index (κ1) is 42.1. The molecule has 2 aromatic heterocycles. The Hall–Kier alpha value is -6.91. The first-order valence-corrected chi connectivity index (χ1v) is 21.0. The highest BCUT2D eigenvalue weighted by atomic mass is 35.5. The van der Waals surface area contributed by atoms with Crippen molar-refractivity contribution in [1.29, 1.82) is 0 Å². The van der Waals surface area contributed by atoms with Crippen LogP contribution in [0.1, 0.15) is 35.4 Å². The standard InChI is InChI=1S/C47H34Cl2F3N5O8/c1-63-27-18-34(58)38(36(19-27)64-2)39-28-15-16-29-37(44(61)56(42(29)59)26-13-7-22(8-14-26)41-54-33-5-3-4-6-35(33)65-41)30(28)20-31-43(60)57(45(62)46(31,39)23-9-11-25(48)12-10-23)55-40-32(49)17-24(21-53-40)47(50,51)52/h3-15,17-19,21,29-31,37,39,58H,16,20H2,1-2H3,(H,53,55). The minimum absolute atomic E-state index is 0.0604. The molecule has 2 N–H and O–H groups in total. The number of halogens is 5. The molecule has 4 aliphatic rings. The van der Waals surface area contributed by atoms with E-state index in [-0.39, 0.29) is 35.7 Å². The zero-order chi connectivity index (χ0) is 45.7. The maximum Gasteiger partial charge on any atom is 0.417 e. The average Bonchev–Trinajstić information content (AvgIpc) is 3.91. The lowest BCUT2D eigenvalue weighted by Gasteiger charge is -2.50. The summed E-state index contributed by atoms with van der Waals surface area (Å²) >= 11 is 12.7. The highest BCUT2D eigenvalue weighted by molar-refractivity contribution is 6.33. The van der Waals surface area contributed by atoms with Gasteiger partial charge in [0.25, 0.3) is 11.8 Å². The summed E-state index contributed by atoms with van der Waals surface area (Å²) < 4.78 is 58.1. The number of phenolic OH excluding ortho intramolecular Hbond substituents is 1. The van der Waals surface area contributed by atoms with Gasteiger partial charge in [-0.15, -0.1) is 0 Å². The molecule has 6 atom stereocenters. The van der Waals surface area contributed by atoms with Gasteiger partial charge in [-0.1, -0.05) is 59.1 Å². The number of aromatic hydroxyl groups is 1. The van der Waals surface area contributed by atoms with Crippen LogP contribution in [0.15, 0.2) is 113 Å². The van der Waals surface area contributed by atoms with Gasteiger partial charge < -0.3 is 19.0 Å². The second kappa shape index (κ2) is 15.4. The molecule has 6 aromatic rings. The Labute approximate surface area is 377 Å². The third kappa shape index (κ3) is 6.43. The van der Waals surface area contributed by atoms with Gasteiger partial charge in [-0.05, 0) is 78.9 Å². The lowest BCUT2D eigenvalue weighted by molar-refractivity contribution is -0.139. The Balaban J connectivity index is 1.11. The van der Waals surface area contributed by atoms with Crippen molar-refractivity contribution in [3.05, 3.63) is 136 Å². The van der Waals surface area contributed by atoms with Gasteiger partial charge in [-0.3, -0.25) is 29.5 Å². The first-order valence-electron chi connectivity index (χ1n) is 20.3. The maximum absolute atomic E-state index is 15.6. The number of methoxy groups -OCH3 is 2. The Morgan fingerprint density at radius 1 is 0.892 bits per heavy atom. The highest BCUT2D eigenvalue weighted by Crippen LogP contribution is 2.66. The minimum Gasteiger partial charge on any atom is -0.507 e. The van der Waals surface area contributed by atoms with Gasteiger partial charge in [0, 0.05) is 40.4 Å². The lowest BCUT2D eigenvalue weighted by atomic mass is 9.49. The number of oxazole rings is 1. The topological polar surface area (TPSA) is 164 Å². The SMILES string of the molecule is COc1cc(O)c(C2C3=CCC4C(=O)N(c5ccc(-c6nc7ccccc7o6)cc5)C(=O)C4C3CC3C(=O)N(Nc4ncc(C(F)(F)F)cc4Cl)C(=O)C32c2ccc(Cl)cc2)c(OC)c1. The molecule has 1 saturated carbocycles. The second-order valence-corrected chi connectivity index (χ2v) is 17.1. The number of pyridine rings is 1. The summed E-state index contributed by atoms with van der Waals surface area (Å²) in [5, 5.41) is 12.5. The van der Waals surface area contributed by atoms with Crippen LogP contribution in [0, 0.1) is 23.7 Å². The number of hydrogen-bond acceptors (Lipinski definition) is 11. The van der Waals surface area contributed by atoms with Crippen LogP contribution in [-0.2, 0) is 30.8 Å². The van der Waals surface area contributed by atoms with Crippen LogP contribution >= 0.6 is 23.2 Å². The number of benzene rings is 4. The van der Waals surface area contributed by atoms with Gasteiger partial charge >= 0.3 is 6.18 Å². The van der Waals surface area contributed by atoms with Gasteiger partial charge in [-0.25, -0.2) is 9.97 Å². The molecule has 4 heterocycles. The molecule has 0 spiro atoms. The van der Waals surface area contributed by atoms with Gasteiger partial charge in [-0.2, -0.15) is 18.2 Å². The molecule has 0 radical (unpaired) electrons. The number of para-hydroxylation sites is 2. The number of carbonyl (C=O) groups is 4. The number of amides is 4. The summed E-state index contributed by atoms with van der Waals surface area (Å²) in [7, 11) is 2.75. The zero-order valence-electron chi connectivity index (χ0n) is 34.1. The van der Waals surface area contributed by atoms with E-state index in [4.69, 9.17) is 37.1 Å². The van der Waals surface area contributed by atoms with E-state index in [9.17, 15) is 27.9 Å². The number of imide groups is 2. The summed E-state index contributed by atoms with van der Waals surface area (Å²) in [5.41, 5.74) is 2.54. The van der Waals surface area contributed by atoms with Crippen molar-refractivity contribution in [1.82, 2.24) is 15.0 Å². The highest BCUT2D eigenvalue weighted by Gasteiger charge is 2.71. The van der Waals surface area contributed by atoms with Crippen LogP contribution in [0.2, 0.25) is 10.0 Å². The number of alkyl halides is 3. The Morgan fingerprint density at radius 3 is 2.31 bits per heavy atom. The number of anilines is 2. The lowest BCUT2D eigenvalue weighted by Crippen LogP contribution is -2.53. The van der Waals surface area contributed by atoms with Crippen molar-refractivity contribution in [2.75, 3.05) is 24.5 Å². The minimum atomic E-state index is -4.79. The smallest absolute Gasteiger partial charge is 0.417 e. The number of hydrogen-bond donors (Lipinski definition) is 2. The molecule has 13 nitrogen and oxygen atoms in total. The Morgan fingerprint density at radius 2 is 1.63 bits per heavy atom. The Kier molecular flexibility index (Phi) is 9.95. The van der Waals surface area contributed by atoms with E-state index in [0.29, 0.717) is 61.7 Å². The molecule has 6 unspecified atom stereocenters. The quantitative estimate of drug-likeness (QED) is 0.111. The molecule has 2 aliphatic carbocycles. The molecular formula is C47H34Cl2F3N5O8. The largest absolute Gasteiger partial charge is 0.507 e. The number of nitrogens with zero attached hydrogens (tertiary/aromatic N) is 4. The molecular weight excluding hydrogens is 890 g/mol. The summed E-state index contributed by atoms with van der Waals surface area (Å²) in [6, 6.07) is 23.6. The van der Waals surface area contributed by atoms with Gasteiger partial charge in [0.15, 0.2) is 11.4 Å². The average molecular weight is 925 g/mol. The third-order valence-electron chi connectivity index (χ3n) is 13.1. The number of carbonyl (C=O) groups excluding carboxylic acids is 4. The van der Waals surface area contributed by atoms with E-state index in [2.05, 4.69) is 15.4 Å². The molecule has 4 aromatic carbocycles. The van der Waals surface area contributed by atoms with Crippen molar-refractivity contribution in [2.24, 2.45) is 23.7 Å². The van der Waals surface area contributed by atoms with Crippen LogP contribution in [0.4, 0.5) is 24.7 Å². The van der Waals surface area contributed by atoms with Crippen LogP contribution in [0.25, 0.3) is 22.6 Å². The number of ether oxygens (including phenoxy) is 2. The molecule has 3 fully saturated rings. The molecule has 2 saturated heterocycles. The fourth-order valence-corrected chi connectivity index (χ4v) is 10.6. The summed E-state index contributed by atoms with van der Waals surface area (Å²) in [6.07, 6.45) is -2.57. The summed E-state index contributed by atoms with van der Waals surface area (Å²) in [6.45, 7) is 0. The third-order valence-corrected chi connectivity index (χ3v) is 13.6. The van der Waals surface area contributed by atoms with Gasteiger partial charge in [0.05, 0.1) is 53.7 Å². The van der Waals surface area contributed by atoms with Gasteiger partial charge in [0.2, 0.25) is 17.7 Å². The van der Waals surface area contributed by atoms with Crippen molar-refractivity contribution in [3.8, 4) is 28.7 Å². The maximum atomic E-state index is 15.6. The molecule has 0 bridgehead atoms. The fourth-order valence-electron chi connectivity index (χ4n) is 10.3. The van der Waals surface area contributed by atoms with Crippen molar-refractivity contribution >= 4 is 69.4 Å². The number of rotatable bonds is 8. The fraction of sp³-hybridized carbons (Fsp3) is 0.234. The van der Waals surface area contributed by atoms with Crippen molar-refractivity contribution in [3.63, 3.8) is 0 Å². The van der Waals surface area contributed by atoms with E-state index in [1.165, 1.54) is 38.5 Å². The number of phenols is 1. The van der Waals surface area contributed by atoms with Crippen LogP contribution in [-0.4, -0.2) is 57.9 Å². The first-order chi connectivity index (χ1) is 31.1. The predicted molar refractivity (Wildman–Crippen MR) is 230 cm³/mol. The molecule has 4 amide bonds. The van der Waals surface area contributed by atoms with E-state index < -0.39 is 81.2 Å². The number of fused-ring (bicyclic) bond motifs is 5. The van der Waals surface area contributed by atoms with E-state index >= 15 is 9.59 Å². The van der Waals surface area contributed by atoms with Crippen molar-refractivity contribution < 1.29 is 51.3 Å².